The summed E-state index contributed by atoms with van der Waals surface area (Å²) in [6.07, 6.45) is 3.04. The molecule has 74 valence electrons. The average molecular weight is 439 g/mol. The number of carbonyl (C=O) groups is 1. The second kappa shape index (κ2) is 18.2. The minimum Gasteiger partial charge on any atom is -0.541 e. The van der Waals surface area contributed by atoms with Gasteiger partial charge in [-0.3, -0.25) is 6.29 Å². The molecule has 0 saturated carbocycles. The fourth-order valence-electron chi connectivity index (χ4n) is 0.167. The molecule has 7 heteroatoms. The Hall–Kier alpha value is 0.408. The van der Waals surface area contributed by atoms with Gasteiger partial charge in [0.2, 0.25) is 0 Å². The first-order valence-corrected chi connectivity index (χ1v) is 5.45. The minimum atomic E-state index is -0.339. The molecule has 0 radical (unpaired) electrons. The quantitative estimate of drug-likeness (QED) is 0.374. The molecular formula is C6H8BrO4PW. The summed E-state index contributed by atoms with van der Waals surface area (Å²) in [7, 11) is 0.101. The second-order valence-electron chi connectivity index (χ2n) is 1.25. The van der Waals surface area contributed by atoms with E-state index in [1.54, 1.807) is 13.0 Å². The molecular weight excluding hydrogens is 431 g/mol. The van der Waals surface area contributed by atoms with Gasteiger partial charge < -0.3 is 14.3 Å². The molecule has 0 saturated heterocycles. The number of halogens is 1. The maximum atomic E-state index is 10.2. The number of carbonyl (C=O) groups excluding carboxylic acids is 3. The van der Waals surface area contributed by atoms with Crippen molar-refractivity contribution >= 4 is 42.8 Å². The van der Waals surface area contributed by atoms with Crippen LogP contribution in [0, 0.1) is 0 Å². The summed E-state index contributed by atoms with van der Waals surface area (Å²) in [5.74, 6) is 0. The second-order valence-corrected chi connectivity index (χ2v) is 2.72. The zero-order chi connectivity index (χ0) is 9.82. The summed E-state index contributed by atoms with van der Waals surface area (Å²) in [5, 5.41) is 0.326. The van der Waals surface area contributed by atoms with E-state index >= 15 is 0 Å². The van der Waals surface area contributed by atoms with E-state index in [0.717, 1.165) is 0 Å². The molecule has 0 heterocycles. The van der Waals surface area contributed by atoms with Crippen LogP contribution in [0.15, 0.2) is 0 Å². The van der Waals surface area contributed by atoms with Crippen LogP contribution in [0.25, 0.3) is 0 Å². The monoisotopic (exact) mass is 438 g/mol. The van der Waals surface area contributed by atoms with Crippen molar-refractivity contribution in [3.8, 4) is 0 Å². The van der Waals surface area contributed by atoms with Crippen LogP contribution in [0.4, 0.5) is 4.79 Å². The fraction of sp³-hybridized carbons (Fsp3) is 0.500. The molecule has 0 aromatic heterocycles. The van der Waals surface area contributed by atoms with Gasteiger partial charge >= 0.3 is 26.8 Å². The molecule has 0 N–H and O–H groups in total. The molecule has 4 nitrogen and oxygen atoms in total. The van der Waals surface area contributed by atoms with Crippen molar-refractivity contribution in [3.05, 3.63) is 0 Å². The number of rotatable bonds is 4. The van der Waals surface area contributed by atoms with Gasteiger partial charge in [0.25, 0.3) is 0 Å². The van der Waals surface area contributed by atoms with Crippen molar-refractivity contribution in [1.82, 2.24) is 0 Å². The van der Waals surface area contributed by atoms with Crippen LogP contribution in [0.5, 0.6) is 0 Å². The standard InChI is InChI=1S/C4H6O3P.C2H2BrO.W/c1-8-4(6)7-3-2-5;3-1-2-4;/h8H,3H2,1H3;1H2;/q2*-1;+2. The van der Waals surface area contributed by atoms with E-state index < -0.39 is 0 Å². The van der Waals surface area contributed by atoms with Crippen molar-refractivity contribution in [3.63, 3.8) is 0 Å². The summed E-state index contributed by atoms with van der Waals surface area (Å²) in [6.45, 7) is 1.45. The minimum absolute atomic E-state index is 0. The Balaban J connectivity index is -0.000000173. The Morgan fingerprint density at radius 3 is 2.15 bits per heavy atom. The SMILES string of the molecule is CPC(=O)OC[C-]=O.O=[C-]CBr.[W+2]. The van der Waals surface area contributed by atoms with Crippen LogP contribution < -0.4 is 0 Å². The van der Waals surface area contributed by atoms with Gasteiger partial charge in [0.05, 0.1) is 0 Å². The summed E-state index contributed by atoms with van der Waals surface area (Å²) in [6, 6.07) is 0. The van der Waals surface area contributed by atoms with Gasteiger partial charge in [-0.2, -0.15) is 0 Å². The smallest absolute Gasteiger partial charge is 0.541 e. The maximum Gasteiger partial charge on any atom is 2.00 e. The Labute approximate surface area is 101 Å². The first-order chi connectivity index (χ1) is 5.72. The van der Waals surface area contributed by atoms with Crippen molar-refractivity contribution in [2.24, 2.45) is 0 Å². The Bertz CT molecular complexity index is 145. The van der Waals surface area contributed by atoms with Gasteiger partial charge in [0.15, 0.2) is 0 Å². The Morgan fingerprint density at radius 1 is 1.46 bits per heavy atom. The molecule has 1 atom stereocenters. The summed E-state index contributed by atoms with van der Waals surface area (Å²) >= 11 is 2.82. The van der Waals surface area contributed by atoms with E-state index in [1.165, 1.54) is 6.29 Å². The predicted octanol–water partition coefficient (Wildman–Crippen LogP) is 1.03. The third-order valence-corrected chi connectivity index (χ3v) is 1.30. The van der Waals surface area contributed by atoms with Crippen LogP contribution >= 0.6 is 24.5 Å². The Morgan fingerprint density at radius 2 is 1.92 bits per heavy atom. The van der Waals surface area contributed by atoms with E-state index in [2.05, 4.69) is 20.7 Å². The molecule has 0 aliphatic heterocycles. The predicted molar refractivity (Wildman–Crippen MR) is 50.8 cm³/mol. The molecule has 0 aliphatic carbocycles. The van der Waals surface area contributed by atoms with Crippen LogP contribution in [0.3, 0.4) is 0 Å². The Kier molecular flexibility index (Phi) is 26.7. The van der Waals surface area contributed by atoms with Gasteiger partial charge in [-0.25, -0.2) is 11.1 Å². The third-order valence-electron chi connectivity index (χ3n) is 0.521. The van der Waals surface area contributed by atoms with Crippen LogP contribution in [-0.4, -0.2) is 36.9 Å². The fourth-order valence-corrected chi connectivity index (χ4v) is 0.384. The molecule has 1 unspecified atom stereocenters. The van der Waals surface area contributed by atoms with Crippen LogP contribution in [-0.2, 0) is 35.4 Å². The van der Waals surface area contributed by atoms with E-state index in [9.17, 15) is 9.59 Å². The first-order valence-electron chi connectivity index (χ1n) is 2.83. The molecule has 0 bridgehead atoms. The molecule has 0 rings (SSSR count). The van der Waals surface area contributed by atoms with E-state index in [1.807, 2.05) is 0 Å². The van der Waals surface area contributed by atoms with Gasteiger partial charge in [0, 0.05) is 0 Å². The van der Waals surface area contributed by atoms with Crippen molar-refractivity contribution in [1.29, 1.82) is 0 Å². The largest absolute Gasteiger partial charge is 2.00 e. The topological polar surface area (TPSA) is 60.4 Å². The molecule has 0 aromatic rings. The summed E-state index contributed by atoms with van der Waals surface area (Å²) in [4.78, 5) is 28.6. The maximum absolute atomic E-state index is 10.2. The van der Waals surface area contributed by atoms with Crippen LogP contribution in [0.2, 0.25) is 0 Å². The van der Waals surface area contributed by atoms with Crippen LogP contribution in [0.1, 0.15) is 0 Å². The molecule has 0 spiro atoms. The van der Waals surface area contributed by atoms with E-state index in [-0.39, 0.29) is 42.0 Å². The van der Waals surface area contributed by atoms with Gasteiger partial charge in [-0.05, 0) is 21.9 Å². The zero-order valence-corrected chi connectivity index (χ0v) is 12.4. The third kappa shape index (κ3) is 24.5. The molecule has 0 fully saturated rings. The zero-order valence-electron chi connectivity index (χ0n) is 6.83. The van der Waals surface area contributed by atoms with Crippen molar-refractivity contribution in [2.75, 3.05) is 18.6 Å². The number of ether oxygens (including phenoxy) is 1. The van der Waals surface area contributed by atoms with Crippen molar-refractivity contribution in [2.45, 2.75) is 0 Å². The molecule has 0 amide bonds. The first kappa shape index (κ1) is 19.1. The summed E-state index contributed by atoms with van der Waals surface area (Å²) < 4.78 is 4.29. The van der Waals surface area contributed by atoms with Gasteiger partial charge in [0.1, 0.15) is 0 Å². The molecule has 0 aromatic carbocycles. The number of alkyl halides is 1. The normalized spacial score (nSPS) is 7.85. The van der Waals surface area contributed by atoms with Gasteiger partial charge in [-0.1, -0.05) is 5.33 Å². The summed E-state index contributed by atoms with van der Waals surface area (Å²) in [5.41, 5.74) is -0.339. The van der Waals surface area contributed by atoms with Crippen molar-refractivity contribution < 1.29 is 40.2 Å². The molecule has 0 aliphatic rings. The number of hydrogen-bond acceptors (Lipinski definition) is 4. The average Bonchev–Trinajstić information content (AvgIpc) is 2.14. The van der Waals surface area contributed by atoms with E-state index in [4.69, 9.17) is 4.79 Å². The van der Waals surface area contributed by atoms with Gasteiger partial charge in [-0.15, -0.1) is 15.9 Å². The molecule has 13 heavy (non-hydrogen) atoms. The number of hydrogen-bond donors (Lipinski definition) is 0. The van der Waals surface area contributed by atoms with E-state index in [0.29, 0.717) is 5.33 Å².